The molecule has 2 aliphatic heterocycles. The number of ether oxygens (including phenoxy) is 2. The van der Waals surface area contributed by atoms with Crippen molar-refractivity contribution in [3.63, 3.8) is 0 Å². The largest absolute Gasteiger partial charge is 0.496 e. The van der Waals surface area contributed by atoms with Crippen LogP contribution in [0.3, 0.4) is 0 Å². The number of aromatic nitrogens is 3. The fourth-order valence-electron chi connectivity index (χ4n) is 5.06. The van der Waals surface area contributed by atoms with Crippen LogP contribution in [0.2, 0.25) is 0 Å². The van der Waals surface area contributed by atoms with Gasteiger partial charge in [-0.3, -0.25) is 14.5 Å². The number of carbonyl (C=O) groups excluding carboxylic acids is 2. The SMILES string of the molecule is COC(=O)[C@@H]1CCCN1C(=O)c1c(OC)cc(=O)n2c1CCN(Cc1ccc3nsnc3c1)CC2. The molecule has 5 rings (SSSR count). The Labute approximate surface area is 206 Å². The molecule has 2 aromatic heterocycles. The molecule has 10 nitrogen and oxygen atoms in total. The minimum atomic E-state index is -0.623. The maximum Gasteiger partial charge on any atom is 0.328 e. The van der Waals surface area contributed by atoms with Gasteiger partial charge in [-0.15, -0.1) is 0 Å². The number of methoxy groups -OCH3 is 2. The molecule has 11 heteroatoms. The zero-order valence-electron chi connectivity index (χ0n) is 19.7. The number of nitrogens with zero attached hydrogens (tertiary/aromatic N) is 5. The summed E-state index contributed by atoms with van der Waals surface area (Å²) in [5.41, 5.74) is 3.70. The Morgan fingerprint density at radius 3 is 2.71 bits per heavy atom. The van der Waals surface area contributed by atoms with E-state index in [1.54, 1.807) is 9.47 Å². The lowest BCUT2D eigenvalue weighted by Crippen LogP contribution is -2.42. The van der Waals surface area contributed by atoms with Crippen molar-refractivity contribution in [3.8, 4) is 5.75 Å². The number of likely N-dealkylation sites (tertiary alicyclic amines) is 1. The molecule has 0 radical (unpaired) electrons. The van der Waals surface area contributed by atoms with Gasteiger partial charge in [0.05, 0.1) is 25.9 Å². The fourth-order valence-corrected chi connectivity index (χ4v) is 5.58. The summed E-state index contributed by atoms with van der Waals surface area (Å²) in [5, 5.41) is 0. The normalized spacial score (nSPS) is 18.3. The van der Waals surface area contributed by atoms with E-state index in [2.05, 4.69) is 13.6 Å². The monoisotopic (exact) mass is 497 g/mol. The Kier molecular flexibility index (Phi) is 6.52. The van der Waals surface area contributed by atoms with Gasteiger partial charge in [0.25, 0.3) is 11.5 Å². The number of hydrogen-bond acceptors (Lipinski definition) is 9. The van der Waals surface area contributed by atoms with Crippen LogP contribution in [0.15, 0.2) is 29.1 Å². The number of rotatable bonds is 5. The van der Waals surface area contributed by atoms with Gasteiger partial charge in [0.15, 0.2) is 0 Å². The number of carbonyl (C=O) groups is 2. The number of pyridine rings is 1. The van der Waals surface area contributed by atoms with Crippen LogP contribution in [-0.4, -0.2) is 74.9 Å². The van der Waals surface area contributed by atoms with E-state index in [-0.39, 0.29) is 17.2 Å². The van der Waals surface area contributed by atoms with Gasteiger partial charge in [-0.05, 0) is 30.5 Å². The summed E-state index contributed by atoms with van der Waals surface area (Å²) < 4.78 is 20.7. The number of hydrogen-bond donors (Lipinski definition) is 0. The van der Waals surface area contributed by atoms with Crippen LogP contribution in [0.25, 0.3) is 11.0 Å². The first-order chi connectivity index (χ1) is 17.0. The maximum atomic E-state index is 13.7. The van der Waals surface area contributed by atoms with Crippen molar-refractivity contribution in [2.75, 3.05) is 33.9 Å². The molecule has 4 heterocycles. The van der Waals surface area contributed by atoms with E-state index in [0.29, 0.717) is 56.8 Å². The van der Waals surface area contributed by atoms with Crippen LogP contribution < -0.4 is 10.3 Å². The smallest absolute Gasteiger partial charge is 0.328 e. The highest BCUT2D eigenvalue weighted by molar-refractivity contribution is 7.00. The van der Waals surface area contributed by atoms with E-state index in [1.807, 2.05) is 18.2 Å². The highest BCUT2D eigenvalue weighted by Crippen LogP contribution is 2.29. The molecular formula is C24H27N5O5S. The van der Waals surface area contributed by atoms with Gasteiger partial charge in [0.2, 0.25) is 0 Å². The summed E-state index contributed by atoms with van der Waals surface area (Å²) in [6.07, 6.45) is 1.78. The quantitative estimate of drug-likeness (QED) is 0.491. The molecule has 184 valence electrons. The Bertz CT molecular complexity index is 1340. The first kappa shape index (κ1) is 23.4. The third kappa shape index (κ3) is 4.41. The molecule has 35 heavy (non-hydrogen) atoms. The summed E-state index contributed by atoms with van der Waals surface area (Å²) in [7, 11) is 2.78. The highest BCUT2D eigenvalue weighted by Gasteiger charge is 2.38. The second kappa shape index (κ2) is 9.74. The number of benzene rings is 1. The van der Waals surface area contributed by atoms with Crippen LogP contribution in [0, 0.1) is 0 Å². The lowest BCUT2D eigenvalue weighted by Gasteiger charge is -2.25. The van der Waals surface area contributed by atoms with Gasteiger partial charge in [0.1, 0.15) is 28.4 Å². The predicted molar refractivity (Wildman–Crippen MR) is 130 cm³/mol. The van der Waals surface area contributed by atoms with E-state index in [1.165, 1.54) is 32.0 Å². The molecule has 0 N–H and O–H groups in total. The molecule has 1 atom stereocenters. The molecule has 2 aliphatic rings. The van der Waals surface area contributed by atoms with E-state index in [9.17, 15) is 14.4 Å². The molecule has 1 saturated heterocycles. The van der Waals surface area contributed by atoms with Gasteiger partial charge in [-0.2, -0.15) is 8.75 Å². The van der Waals surface area contributed by atoms with Crippen molar-refractivity contribution < 1.29 is 19.1 Å². The topological polar surface area (TPSA) is 107 Å². The summed E-state index contributed by atoms with van der Waals surface area (Å²) in [6, 6.07) is 6.81. The van der Waals surface area contributed by atoms with Crippen molar-refractivity contribution in [1.29, 1.82) is 0 Å². The van der Waals surface area contributed by atoms with Crippen LogP contribution in [0.4, 0.5) is 0 Å². The Hall–Kier alpha value is -3.31. The highest BCUT2D eigenvalue weighted by atomic mass is 32.1. The fraction of sp³-hybridized carbons (Fsp3) is 0.458. The lowest BCUT2D eigenvalue weighted by molar-refractivity contribution is -0.145. The third-order valence-corrected chi connectivity index (χ3v) is 7.39. The van der Waals surface area contributed by atoms with Crippen molar-refractivity contribution in [2.24, 2.45) is 0 Å². The number of fused-ring (bicyclic) bond motifs is 2. The van der Waals surface area contributed by atoms with Crippen LogP contribution in [0.5, 0.6) is 5.75 Å². The predicted octanol–water partition coefficient (Wildman–Crippen LogP) is 1.70. The van der Waals surface area contributed by atoms with Crippen molar-refractivity contribution in [1.82, 2.24) is 23.1 Å². The zero-order chi connectivity index (χ0) is 24.5. The van der Waals surface area contributed by atoms with Gasteiger partial charge in [-0.1, -0.05) is 6.07 Å². The Morgan fingerprint density at radius 2 is 1.91 bits per heavy atom. The molecule has 1 fully saturated rings. The molecule has 0 spiro atoms. The summed E-state index contributed by atoms with van der Waals surface area (Å²) in [4.78, 5) is 42.8. The summed E-state index contributed by atoms with van der Waals surface area (Å²) >= 11 is 1.20. The molecule has 0 unspecified atom stereocenters. The van der Waals surface area contributed by atoms with Crippen molar-refractivity contribution >= 4 is 34.6 Å². The maximum absolute atomic E-state index is 13.7. The Morgan fingerprint density at radius 1 is 1.09 bits per heavy atom. The van der Waals surface area contributed by atoms with E-state index in [4.69, 9.17) is 9.47 Å². The second-order valence-electron chi connectivity index (χ2n) is 8.82. The van der Waals surface area contributed by atoms with Gasteiger partial charge < -0.3 is 18.9 Å². The standard InChI is InChI=1S/C24H27N5O5S/c1-33-20-13-21(30)28-11-10-27(14-15-5-6-16-17(12-15)26-35-25-16)9-7-18(28)22(20)23(31)29-8-3-4-19(29)24(32)34-2/h5-6,12-13,19H,3-4,7-11,14H2,1-2H3/t19-/m0/s1. The first-order valence-electron chi connectivity index (χ1n) is 11.6. The molecule has 1 aromatic carbocycles. The first-order valence-corrected chi connectivity index (χ1v) is 12.4. The second-order valence-corrected chi connectivity index (χ2v) is 9.35. The minimum absolute atomic E-state index is 0.198. The third-order valence-electron chi connectivity index (χ3n) is 6.83. The molecule has 1 amide bonds. The molecule has 3 aromatic rings. The van der Waals surface area contributed by atoms with Gasteiger partial charge in [-0.25, -0.2) is 4.79 Å². The van der Waals surface area contributed by atoms with Crippen molar-refractivity contribution in [3.05, 3.63) is 51.4 Å². The minimum Gasteiger partial charge on any atom is -0.496 e. The van der Waals surface area contributed by atoms with E-state index in [0.717, 1.165) is 23.0 Å². The number of amides is 1. The van der Waals surface area contributed by atoms with Crippen LogP contribution >= 0.6 is 11.7 Å². The van der Waals surface area contributed by atoms with Gasteiger partial charge in [0, 0.05) is 50.9 Å². The van der Waals surface area contributed by atoms with Crippen molar-refractivity contribution in [2.45, 2.75) is 38.4 Å². The Balaban J connectivity index is 1.43. The summed E-state index contributed by atoms with van der Waals surface area (Å²) in [5.74, 6) is -0.474. The van der Waals surface area contributed by atoms with E-state index < -0.39 is 12.0 Å². The average molecular weight is 498 g/mol. The molecule has 0 bridgehead atoms. The number of esters is 1. The molecular weight excluding hydrogens is 470 g/mol. The molecule has 0 saturated carbocycles. The zero-order valence-corrected chi connectivity index (χ0v) is 20.5. The van der Waals surface area contributed by atoms with Crippen LogP contribution in [0.1, 0.15) is 34.5 Å². The van der Waals surface area contributed by atoms with Gasteiger partial charge >= 0.3 is 5.97 Å². The van der Waals surface area contributed by atoms with E-state index >= 15 is 0 Å². The lowest BCUT2D eigenvalue weighted by atomic mass is 10.1. The average Bonchev–Trinajstić information content (AvgIpc) is 3.50. The van der Waals surface area contributed by atoms with Crippen LogP contribution in [-0.2, 0) is 29.0 Å². The molecule has 0 aliphatic carbocycles. The summed E-state index contributed by atoms with van der Waals surface area (Å²) in [6.45, 7) is 2.95.